The van der Waals surface area contributed by atoms with Gasteiger partial charge in [0.05, 0.1) is 12.2 Å². The molecule has 0 bridgehead atoms. The van der Waals surface area contributed by atoms with E-state index in [2.05, 4.69) is 4.90 Å². The Morgan fingerprint density at radius 3 is 2.71 bits per heavy atom. The van der Waals surface area contributed by atoms with Gasteiger partial charge in [0.2, 0.25) is 0 Å². The molecule has 0 amide bonds. The van der Waals surface area contributed by atoms with Gasteiger partial charge in [-0.15, -0.1) is 0 Å². The van der Waals surface area contributed by atoms with Gasteiger partial charge in [-0.1, -0.05) is 30.3 Å². The molecule has 94 valence electrons. The van der Waals surface area contributed by atoms with Gasteiger partial charge in [-0.25, -0.2) is 0 Å². The molecule has 0 radical (unpaired) electrons. The third-order valence-electron chi connectivity index (χ3n) is 3.62. The van der Waals surface area contributed by atoms with E-state index in [0.717, 1.165) is 24.9 Å². The summed E-state index contributed by atoms with van der Waals surface area (Å²) >= 11 is 0. The Bertz CT molecular complexity index is 350. The maximum Gasteiger partial charge on any atom is 0.0994 e. The molecule has 0 aliphatic carbocycles. The molecule has 1 aliphatic rings. The van der Waals surface area contributed by atoms with Crippen LogP contribution in [0.25, 0.3) is 0 Å². The van der Waals surface area contributed by atoms with E-state index < -0.39 is 5.60 Å². The molecule has 1 fully saturated rings. The predicted molar refractivity (Wildman–Crippen MR) is 67.7 cm³/mol. The van der Waals surface area contributed by atoms with Crippen LogP contribution in [0.4, 0.5) is 0 Å². The smallest absolute Gasteiger partial charge is 0.0994 e. The lowest BCUT2D eigenvalue weighted by atomic mass is 9.95. The maximum atomic E-state index is 10.5. The molecule has 17 heavy (non-hydrogen) atoms. The summed E-state index contributed by atoms with van der Waals surface area (Å²) in [6, 6.07) is 9.94. The average molecular weight is 235 g/mol. The monoisotopic (exact) mass is 235 g/mol. The largest absolute Gasteiger partial charge is 0.395 e. The number of hydrogen-bond acceptors (Lipinski definition) is 3. The fourth-order valence-corrected chi connectivity index (χ4v) is 2.59. The highest BCUT2D eigenvalue weighted by Crippen LogP contribution is 2.26. The van der Waals surface area contributed by atoms with Crippen molar-refractivity contribution < 1.29 is 10.2 Å². The molecule has 1 heterocycles. The molecule has 1 aromatic rings. The van der Waals surface area contributed by atoms with Gasteiger partial charge >= 0.3 is 0 Å². The fraction of sp³-hybridized carbons (Fsp3) is 0.571. The second-order valence-electron chi connectivity index (χ2n) is 5.09. The van der Waals surface area contributed by atoms with Gasteiger partial charge in [0, 0.05) is 12.6 Å². The molecule has 0 aromatic heterocycles. The van der Waals surface area contributed by atoms with E-state index in [0.29, 0.717) is 6.54 Å². The summed E-state index contributed by atoms with van der Waals surface area (Å²) in [5.74, 6) is 0. The molecule has 0 spiro atoms. The molecular weight excluding hydrogens is 214 g/mol. The summed E-state index contributed by atoms with van der Waals surface area (Å²) < 4.78 is 0. The van der Waals surface area contributed by atoms with E-state index in [9.17, 15) is 10.2 Å². The van der Waals surface area contributed by atoms with Crippen molar-refractivity contribution in [3.63, 3.8) is 0 Å². The van der Waals surface area contributed by atoms with Gasteiger partial charge in [0.1, 0.15) is 0 Å². The minimum Gasteiger partial charge on any atom is -0.395 e. The second kappa shape index (κ2) is 5.17. The summed E-state index contributed by atoms with van der Waals surface area (Å²) in [6.07, 6.45) is 2.14. The standard InChI is InChI=1S/C14H21NO2/c1-14(17,12-6-3-2-4-7-12)11-15-9-5-8-13(15)10-16/h2-4,6-7,13,16-17H,5,8-11H2,1H3. The van der Waals surface area contributed by atoms with Gasteiger partial charge in [-0.3, -0.25) is 4.90 Å². The van der Waals surface area contributed by atoms with Gasteiger partial charge < -0.3 is 10.2 Å². The third kappa shape index (κ3) is 2.86. The topological polar surface area (TPSA) is 43.7 Å². The number of nitrogens with zero attached hydrogens (tertiary/aromatic N) is 1. The Balaban J connectivity index is 2.07. The Kier molecular flexibility index (Phi) is 3.82. The van der Waals surface area contributed by atoms with E-state index in [-0.39, 0.29) is 12.6 Å². The van der Waals surface area contributed by atoms with E-state index >= 15 is 0 Å². The Labute approximate surface area is 103 Å². The second-order valence-corrected chi connectivity index (χ2v) is 5.09. The lowest BCUT2D eigenvalue weighted by Crippen LogP contribution is -2.42. The van der Waals surface area contributed by atoms with Crippen LogP contribution in [0.3, 0.4) is 0 Å². The normalized spacial score (nSPS) is 24.8. The molecule has 2 atom stereocenters. The predicted octanol–water partition coefficient (Wildman–Crippen LogP) is 1.35. The van der Waals surface area contributed by atoms with Crippen LogP contribution in [0.5, 0.6) is 0 Å². The van der Waals surface area contributed by atoms with E-state index in [1.165, 1.54) is 0 Å². The first kappa shape index (κ1) is 12.6. The van der Waals surface area contributed by atoms with Crippen LogP contribution in [0.15, 0.2) is 30.3 Å². The Hall–Kier alpha value is -0.900. The van der Waals surface area contributed by atoms with Gasteiger partial charge in [0.15, 0.2) is 0 Å². The van der Waals surface area contributed by atoms with Crippen LogP contribution in [0, 0.1) is 0 Å². The van der Waals surface area contributed by atoms with Crippen molar-refractivity contribution in [3.05, 3.63) is 35.9 Å². The lowest BCUT2D eigenvalue weighted by molar-refractivity contribution is 0.00497. The molecule has 0 saturated carbocycles. The number of rotatable bonds is 4. The molecule has 3 heteroatoms. The van der Waals surface area contributed by atoms with E-state index in [1.807, 2.05) is 37.3 Å². The highest BCUT2D eigenvalue weighted by molar-refractivity contribution is 5.22. The van der Waals surface area contributed by atoms with Crippen molar-refractivity contribution in [2.45, 2.75) is 31.4 Å². The summed E-state index contributed by atoms with van der Waals surface area (Å²) in [6.45, 7) is 3.58. The molecule has 2 rings (SSSR count). The number of β-amino-alcohol motifs (C(OH)–C–C–N with tert-alkyl or cyclic N) is 1. The Morgan fingerprint density at radius 2 is 2.06 bits per heavy atom. The highest BCUT2D eigenvalue weighted by Gasteiger charge is 2.31. The first-order valence-corrected chi connectivity index (χ1v) is 6.26. The molecule has 1 aliphatic heterocycles. The van der Waals surface area contributed by atoms with Crippen LogP contribution >= 0.6 is 0 Å². The third-order valence-corrected chi connectivity index (χ3v) is 3.62. The zero-order valence-electron chi connectivity index (χ0n) is 10.3. The SMILES string of the molecule is CC(O)(CN1CCCC1CO)c1ccccc1. The molecule has 2 unspecified atom stereocenters. The van der Waals surface area contributed by atoms with Gasteiger partial charge in [-0.2, -0.15) is 0 Å². The number of benzene rings is 1. The van der Waals surface area contributed by atoms with Crippen molar-refractivity contribution in [2.24, 2.45) is 0 Å². The van der Waals surface area contributed by atoms with Crippen molar-refractivity contribution in [1.82, 2.24) is 4.90 Å². The summed E-state index contributed by atoms with van der Waals surface area (Å²) in [5, 5.41) is 19.8. The van der Waals surface area contributed by atoms with Crippen molar-refractivity contribution in [1.29, 1.82) is 0 Å². The van der Waals surface area contributed by atoms with Gasteiger partial charge in [0.25, 0.3) is 0 Å². The highest BCUT2D eigenvalue weighted by atomic mass is 16.3. The number of hydrogen-bond donors (Lipinski definition) is 2. The first-order valence-electron chi connectivity index (χ1n) is 6.26. The number of aliphatic hydroxyl groups excluding tert-OH is 1. The molecule has 3 nitrogen and oxygen atoms in total. The Morgan fingerprint density at radius 1 is 1.35 bits per heavy atom. The van der Waals surface area contributed by atoms with E-state index in [4.69, 9.17) is 0 Å². The summed E-state index contributed by atoms with van der Waals surface area (Å²) in [4.78, 5) is 2.19. The molecule has 1 saturated heterocycles. The van der Waals surface area contributed by atoms with Gasteiger partial charge in [-0.05, 0) is 31.9 Å². The maximum absolute atomic E-state index is 10.5. The van der Waals surface area contributed by atoms with Crippen LogP contribution in [-0.2, 0) is 5.60 Å². The van der Waals surface area contributed by atoms with Crippen LogP contribution in [-0.4, -0.2) is 40.9 Å². The van der Waals surface area contributed by atoms with Crippen LogP contribution in [0.1, 0.15) is 25.3 Å². The van der Waals surface area contributed by atoms with E-state index in [1.54, 1.807) is 0 Å². The minimum absolute atomic E-state index is 0.185. The fourth-order valence-electron chi connectivity index (χ4n) is 2.59. The summed E-state index contributed by atoms with van der Waals surface area (Å²) in [7, 11) is 0. The molecule has 2 N–H and O–H groups in total. The summed E-state index contributed by atoms with van der Waals surface area (Å²) in [5.41, 5.74) is 0.0857. The van der Waals surface area contributed by atoms with Crippen molar-refractivity contribution >= 4 is 0 Å². The average Bonchev–Trinajstić information content (AvgIpc) is 2.77. The van der Waals surface area contributed by atoms with Crippen LogP contribution in [0.2, 0.25) is 0 Å². The van der Waals surface area contributed by atoms with Crippen molar-refractivity contribution in [3.8, 4) is 0 Å². The zero-order chi connectivity index (χ0) is 12.3. The quantitative estimate of drug-likeness (QED) is 0.828. The molecular formula is C14H21NO2. The lowest BCUT2D eigenvalue weighted by Gasteiger charge is -2.32. The first-order chi connectivity index (χ1) is 8.13. The van der Waals surface area contributed by atoms with Crippen molar-refractivity contribution in [2.75, 3.05) is 19.7 Å². The molecule has 1 aromatic carbocycles. The van der Waals surface area contributed by atoms with Crippen LogP contribution < -0.4 is 0 Å². The number of aliphatic hydroxyl groups is 2. The number of likely N-dealkylation sites (tertiary alicyclic amines) is 1. The zero-order valence-corrected chi connectivity index (χ0v) is 10.3. The minimum atomic E-state index is -0.848.